The number of alkyl halides is 3. The van der Waals surface area contributed by atoms with Gasteiger partial charge in [0.25, 0.3) is 0 Å². The zero-order valence-corrected chi connectivity index (χ0v) is 10.7. The van der Waals surface area contributed by atoms with Gasteiger partial charge in [0, 0.05) is 25.0 Å². The van der Waals surface area contributed by atoms with Gasteiger partial charge in [0.05, 0.1) is 11.3 Å². The fourth-order valence-electron chi connectivity index (χ4n) is 1.46. The molecular weight excluding hydrogens is 279 g/mol. The average Bonchev–Trinajstić information content (AvgIpc) is 2.38. The Labute approximate surface area is 114 Å². The summed E-state index contributed by atoms with van der Waals surface area (Å²) in [5.41, 5.74) is 0.430. The van der Waals surface area contributed by atoms with Crippen LogP contribution in [0.3, 0.4) is 0 Å². The zero-order valence-electron chi connectivity index (χ0n) is 9.90. The molecule has 0 saturated heterocycles. The van der Waals surface area contributed by atoms with Crippen molar-refractivity contribution in [1.29, 1.82) is 0 Å². The first-order chi connectivity index (χ1) is 8.50. The Bertz CT molecular complexity index is 541. The summed E-state index contributed by atoms with van der Waals surface area (Å²) in [6, 6.07) is 5.77. The van der Waals surface area contributed by atoms with Crippen molar-refractivity contribution in [2.24, 2.45) is 0 Å². The van der Waals surface area contributed by atoms with Crippen LogP contribution in [0.1, 0.15) is 5.56 Å². The van der Waals surface area contributed by atoms with Crippen molar-refractivity contribution in [3.8, 4) is 11.3 Å². The van der Waals surface area contributed by atoms with Gasteiger partial charge in [-0.15, -0.1) is 12.4 Å². The van der Waals surface area contributed by atoms with Crippen LogP contribution in [0.4, 0.5) is 19.0 Å². The lowest BCUT2D eigenvalue weighted by molar-refractivity contribution is -0.137. The summed E-state index contributed by atoms with van der Waals surface area (Å²) in [5, 5.41) is 2.85. The maximum atomic E-state index is 12.4. The number of pyridine rings is 2. The van der Waals surface area contributed by atoms with Gasteiger partial charge in [-0.3, -0.25) is 4.98 Å². The minimum Gasteiger partial charge on any atom is -0.373 e. The maximum absolute atomic E-state index is 12.4. The summed E-state index contributed by atoms with van der Waals surface area (Å²) in [5.74, 6) is 0.634. The van der Waals surface area contributed by atoms with Crippen LogP contribution in [0, 0.1) is 0 Å². The molecule has 0 fully saturated rings. The first kappa shape index (κ1) is 15.2. The van der Waals surface area contributed by atoms with E-state index in [1.165, 1.54) is 6.07 Å². The maximum Gasteiger partial charge on any atom is 0.417 e. The molecule has 102 valence electrons. The molecule has 0 radical (unpaired) electrons. The lowest BCUT2D eigenvalue weighted by Gasteiger charge is -2.07. The second-order valence-corrected chi connectivity index (χ2v) is 3.61. The molecule has 0 spiro atoms. The number of halogens is 4. The van der Waals surface area contributed by atoms with Gasteiger partial charge < -0.3 is 5.32 Å². The number of aromatic nitrogens is 2. The summed E-state index contributed by atoms with van der Waals surface area (Å²) >= 11 is 0. The lowest BCUT2D eigenvalue weighted by Crippen LogP contribution is -2.05. The molecule has 2 aromatic heterocycles. The van der Waals surface area contributed by atoms with Gasteiger partial charge in [-0.25, -0.2) is 4.98 Å². The topological polar surface area (TPSA) is 37.8 Å². The van der Waals surface area contributed by atoms with Crippen molar-refractivity contribution in [2.75, 3.05) is 12.4 Å². The van der Waals surface area contributed by atoms with E-state index < -0.39 is 11.7 Å². The number of anilines is 1. The monoisotopic (exact) mass is 289 g/mol. The molecule has 0 amide bonds. The normalized spacial score (nSPS) is 10.7. The average molecular weight is 290 g/mol. The van der Waals surface area contributed by atoms with Crippen molar-refractivity contribution in [2.45, 2.75) is 6.18 Å². The molecule has 2 rings (SSSR count). The van der Waals surface area contributed by atoms with E-state index in [1.807, 2.05) is 0 Å². The SMILES string of the molecule is CNc1cc(-c2ccc(C(F)(F)F)cn2)ccn1.Cl. The Morgan fingerprint density at radius 3 is 2.37 bits per heavy atom. The Morgan fingerprint density at radius 2 is 1.84 bits per heavy atom. The number of hydrogen-bond acceptors (Lipinski definition) is 3. The summed E-state index contributed by atoms with van der Waals surface area (Å²) < 4.78 is 37.1. The van der Waals surface area contributed by atoms with Crippen LogP contribution < -0.4 is 5.32 Å². The largest absolute Gasteiger partial charge is 0.417 e. The molecule has 0 bridgehead atoms. The molecular formula is C12H11ClF3N3. The molecule has 3 nitrogen and oxygen atoms in total. The molecule has 7 heteroatoms. The number of nitrogens with zero attached hydrogens (tertiary/aromatic N) is 2. The summed E-state index contributed by atoms with van der Waals surface area (Å²) in [7, 11) is 1.71. The van der Waals surface area contributed by atoms with E-state index in [-0.39, 0.29) is 12.4 Å². The molecule has 2 heterocycles. The summed E-state index contributed by atoms with van der Waals surface area (Å²) in [6.07, 6.45) is -1.96. The molecule has 0 aliphatic rings. The van der Waals surface area contributed by atoms with Crippen LogP contribution in [0.15, 0.2) is 36.7 Å². The summed E-state index contributed by atoms with van der Waals surface area (Å²) in [6.45, 7) is 0. The lowest BCUT2D eigenvalue weighted by atomic mass is 10.1. The second kappa shape index (κ2) is 5.88. The Hall–Kier alpha value is -1.82. The highest BCUT2D eigenvalue weighted by Crippen LogP contribution is 2.29. The van der Waals surface area contributed by atoms with E-state index in [9.17, 15) is 13.2 Å². The third-order valence-corrected chi connectivity index (χ3v) is 2.40. The van der Waals surface area contributed by atoms with Crippen LogP contribution >= 0.6 is 12.4 Å². The van der Waals surface area contributed by atoms with Crippen LogP contribution in [0.2, 0.25) is 0 Å². The molecule has 1 N–H and O–H groups in total. The van der Waals surface area contributed by atoms with Crippen LogP contribution in [-0.4, -0.2) is 17.0 Å². The first-order valence-corrected chi connectivity index (χ1v) is 5.18. The van der Waals surface area contributed by atoms with Crippen molar-refractivity contribution in [1.82, 2.24) is 9.97 Å². The Morgan fingerprint density at radius 1 is 1.11 bits per heavy atom. The fourth-order valence-corrected chi connectivity index (χ4v) is 1.46. The highest BCUT2D eigenvalue weighted by Gasteiger charge is 2.30. The van der Waals surface area contributed by atoms with Crippen molar-refractivity contribution < 1.29 is 13.2 Å². The van der Waals surface area contributed by atoms with E-state index in [0.29, 0.717) is 17.1 Å². The Kier molecular flexibility index (Phi) is 4.72. The minimum atomic E-state index is -4.36. The fraction of sp³-hybridized carbons (Fsp3) is 0.167. The zero-order chi connectivity index (χ0) is 13.2. The van der Waals surface area contributed by atoms with Gasteiger partial charge in [0.1, 0.15) is 5.82 Å². The van der Waals surface area contributed by atoms with Crippen molar-refractivity contribution >= 4 is 18.2 Å². The molecule has 0 saturated carbocycles. The molecule has 0 atom stereocenters. The predicted octanol–water partition coefficient (Wildman–Crippen LogP) is 3.63. The smallest absolute Gasteiger partial charge is 0.373 e. The van der Waals surface area contributed by atoms with Gasteiger partial charge >= 0.3 is 6.18 Å². The van der Waals surface area contributed by atoms with Crippen molar-refractivity contribution in [3.05, 3.63) is 42.2 Å². The van der Waals surface area contributed by atoms with E-state index in [4.69, 9.17) is 0 Å². The second-order valence-electron chi connectivity index (χ2n) is 3.61. The standard InChI is InChI=1S/C12H10F3N3.ClH/c1-16-11-6-8(4-5-17-11)10-3-2-9(7-18-10)12(13,14)15;/h2-7H,1H3,(H,16,17);1H. The Balaban J connectivity index is 0.00000180. The van der Waals surface area contributed by atoms with E-state index in [1.54, 1.807) is 25.4 Å². The molecule has 2 aromatic rings. The van der Waals surface area contributed by atoms with Crippen LogP contribution in [0.25, 0.3) is 11.3 Å². The van der Waals surface area contributed by atoms with Gasteiger partial charge in [-0.1, -0.05) is 0 Å². The third kappa shape index (κ3) is 3.57. The number of hydrogen-bond donors (Lipinski definition) is 1. The minimum absolute atomic E-state index is 0. The molecule has 0 aliphatic heterocycles. The molecule has 0 aromatic carbocycles. The van der Waals surface area contributed by atoms with Gasteiger partial charge in [-0.05, 0) is 24.3 Å². The molecule has 0 aliphatic carbocycles. The van der Waals surface area contributed by atoms with E-state index in [0.717, 1.165) is 12.3 Å². The predicted molar refractivity (Wildman–Crippen MR) is 69.3 cm³/mol. The van der Waals surface area contributed by atoms with E-state index >= 15 is 0 Å². The van der Waals surface area contributed by atoms with Crippen molar-refractivity contribution in [3.63, 3.8) is 0 Å². The summed E-state index contributed by atoms with van der Waals surface area (Å²) in [4.78, 5) is 7.84. The quantitative estimate of drug-likeness (QED) is 0.917. The van der Waals surface area contributed by atoms with Gasteiger partial charge in [0.2, 0.25) is 0 Å². The van der Waals surface area contributed by atoms with Crippen LogP contribution in [0.5, 0.6) is 0 Å². The third-order valence-electron chi connectivity index (χ3n) is 2.40. The highest BCUT2D eigenvalue weighted by atomic mass is 35.5. The number of rotatable bonds is 2. The highest BCUT2D eigenvalue weighted by molar-refractivity contribution is 5.85. The first-order valence-electron chi connectivity index (χ1n) is 5.18. The van der Waals surface area contributed by atoms with E-state index in [2.05, 4.69) is 15.3 Å². The van der Waals surface area contributed by atoms with Gasteiger partial charge in [0.15, 0.2) is 0 Å². The van der Waals surface area contributed by atoms with Gasteiger partial charge in [-0.2, -0.15) is 13.2 Å². The molecule has 19 heavy (non-hydrogen) atoms. The molecule has 0 unspecified atom stereocenters. The number of nitrogens with one attached hydrogen (secondary N) is 1. The van der Waals surface area contributed by atoms with Crippen LogP contribution in [-0.2, 0) is 6.18 Å².